The lowest BCUT2D eigenvalue weighted by molar-refractivity contribution is -0.119. The summed E-state index contributed by atoms with van der Waals surface area (Å²) in [4.78, 5) is 0. The van der Waals surface area contributed by atoms with Gasteiger partial charge in [-0.05, 0) is 54.2 Å². The Labute approximate surface area is 221 Å². The second-order valence-corrected chi connectivity index (χ2v) is 16.4. The normalized spacial score (nSPS) is 17.4. The predicted octanol–water partition coefficient (Wildman–Crippen LogP) is 6.44. The Balaban J connectivity index is 3.02. The van der Waals surface area contributed by atoms with Crippen molar-refractivity contribution >= 4 is 8.32 Å². The summed E-state index contributed by atoms with van der Waals surface area (Å²) >= 11 is 0. The molecule has 0 aliphatic heterocycles. The van der Waals surface area contributed by atoms with Crippen molar-refractivity contribution in [2.75, 3.05) is 34.2 Å². The average Bonchev–Trinajstić information content (AvgIpc) is 2.82. The van der Waals surface area contributed by atoms with E-state index in [2.05, 4.69) is 60.7 Å². The van der Waals surface area contributed by atoms with E-state index in [0.717, 1.165) is 16.9 Å². The fraction of sp³-hybridized carbons (Fsp3) is 0.724. The van der Waals surface area contributed by atoms with Gasteiger partial charge in [0.05, 0.1) is 25.9 Å². The predicted molar refractivity (Wildman–Crippen MR) is 150 cm³/mol. The molecule has 5 atom stereocenters. The maximum atomic E-state index is 9.98. The van der Waals surface area contributed by atoms with E-state index in [1.165, 1.54) is 0 Å². The van der Waals surface area contributed by atoms with Crippen molar-refractivity contribution in [3.63, 3.8) is 0 Å². The summed E-state index contributed by atoms with van der Waals surface area (Å²) in [6.45, 7) is 21.1. The molecular formula is C29H52O6Si. The molecule has 1 rings (SSSR count). The zero-order valence-corrected chi connectivity index (χ0v) is 25.6. The highest BCUT2D eigenvalue weighted by molar-refractivity contribution is 6.74. The number of ether oxygens (including phenoxy) is 4. The van der Waals surface area contributed by atoms with E-state index >= 15 is 0 Å². The van der Waals surface area contributed by atoms with E-state index in [4.69, 9.17) is 23.4 Å². The number of aliphatic hydroxyl groups excluding tert-OH is 1. The largest absolute Gasteiger partial charge is 0.497 e. The maximum Gasteiger partial charge on any atom is 0.192 e. The standard InChI is InChI=1S/C29H52O6Si/c1-21(18-35-36(10,11)29(5,6)7)16-22(2)27(34-20-31-8)24(4)28(23(3)17-30)33-19-25-12-14-26(32-9)15-13-25/h12-16,21,23-24,27-28,30H,17-20H2,1-11H3/b22-16+/t21-,23-,24+,27-,28+/m0/s1. The summed E-state index contributed by atoms with van der Waals surface area (Å²) in [5, 5.41) is 10.2. The smallest absolute Gasteiger partial charge is 0.192 e. The van der Waals surface area contributed by atoms with Crippen molar-refractivity contribution in [2.45, 2.75) is 85.4 Å². The van der Waals surface area contributed by atoms with Crippen LogP contribution in [-0.2, 0) is 25.2 Å². The van der Waals surface area contributed by atoms with Gasteiger partial charge in [0.15, 0.2) is 8.32 Å². The molecule has 1 N–H and O–H groups in total. The Morgan fingerprint density at radius 2 is 1.64 bits per heavy atom. The first-order valence-corrected chi connectivity index (χ1v) is 16.0. The molecule has 0 bridgehead atoms. The molecule has 0 aliphatic carbocycles. The van der Waals surface area contributed by atoms with Gasteiger partial charge in [-0.3, -0.25) is 0 Å². The number of rotatable bonds is 16. The van der Waals surface area contributed by atoms with Crippen LogP contribution in [0.4, 0.5) is 0 Å². The molecule has 0 heterocycles. The second-order valence-electron chi connectivity index (χ2n) is 11.6. The molecule has 0 aromatic heterocycles. The Morgan fingerprint density at radius 1 is 1.03 bits per heavy atom. The molecule has 208 valence electrons. The van der Waals surface area contributed by atoms with Crippen LogP contribution in [0.3, 0.4) is 0 Å². The molecule has 0 aliphatic rings. The molecule has 0 fully saturated rings. The Hall–Kier alpha value is -1.22. The third kappa shape index (κ3) is 10.3. The monoisotopic (exact) mass is 524 g/mol. The van der Waals surface area contributed by atoms with Gasteiger partial charge in [-0.15, -0.1) is 0 Å². The molecule has 0 radical (unpaired) electrons. The van der Waals surface area contributed by atoms with Gasteiger partial charge in [0.25, 0.3) is 0 Å². The van der Waals surface area contributed by atoms with E-state index in [1.807, 2.05) is 31.2 Å². The fourth-order valence-corrected chi connectivity index (χ4v) is 5.12. The summed E-state index contributed by atoms with van der Waals surface area (Å²) in [6, 6.07) is 7.85. The van der Waals surface area contributed by atoms with Crippen LogP contribution in [0.15, 0.2) is 35.9 Å². The molecular weight excluding hydrogens is 472 g/mol. The molecule has 0 saturated carbocycles. The summed E-state index contributed by atoms with van der Waals surface area (Å²) in [5.41, 5.74) is 2.17. The Kier molecular flexibility index (Phi) is 13.9. The van der Waals surface area contributed by atoms with Crippen LogP contribution in [-0.4, -0.2) is 59.9 Å². The van der Waals surface area contributed by atoms with Gasteiger partial charge in [0.1, 0.15) is 12.5 Å². The molecule has 36 heavy (non-hydrogen) atoms. The van der Waals surface area contributed by atoms with Crippen molar-refractivity contribution in [3.05, 3.63) is 41.5 Å². The third-order valence-corrected chi connectivity index (χ3v) is 11.8. The van der Waals surface area contributed by atoms with Crippen LogP contribution in [0.1, 0.15) is 54.0 Å². The van der Waals surface area contributed by atoms with Gasteiger partial charge < -0.3 is 28.5 Å². The Morgan fingerprint density at radius 3 is 2.14 bits per heavy atom. The van der Waals surface area contributed by atoms with Crippen LogP contribution < -0.4 is 4.74 Å². The highest BCUT2D eigenvalue weighted by Gasteiger charge is 2.37. The maximum absolute atomic E-state index is 9.98. The van der Waals surface area contributed by atoms with Gasteiger partial charge in [0, 0.05) is 32.2 Å². The lowest BCUT2D eigenvalue weighted by Gasteiger charge is -2.37. The lowest BCUT2D eigenvalue weighted by atomic mass is 9.85. The molecule has 0 spiro atoms. The molecule has 7 heteroatoms. The molecule has 6 nitrogen and oxygen atoms in total. The van der Waals surface area contributed by atoms with Gasteiger partial charge in [-0.25, -0.2) is 0 Å². The zero-order chi connectivity index (χ0) is 27.5. The van der Waals surface area contributed by atoms with Crippen LogP contribution in [0.5, 0.6) is 5.75 Å². The van der Waals surface area contributed by atoms with Gasteiger partial charge in [0.2, 0.25) is 0 Å². The molecule has 0 amide bonds. The highest BCUT2D eigenvalue weighted by Crippen LogP contribution is 2.37. The number of benzene rings is 1. The van der Waals surface area contributed by atoms with E-state index in [0.29, 0.717) is 13.2 Å². The van der Waals surface area contributed by atoms with Gasteiger partial charge >= 0.3 is 0 Å². The average molecular weight is 525 g/mol. The molecule has 1 aromatic rings. The number of hydrogen-bond donors (Lipinski definition) is 1. The van der Waals surface area contributed by atoms with Crippen LogP contribution in [0.25, 0.3) is 0 Å². The SMILES string of the molecule is COCO[C@@H](/C(C)=C/[C@H](C)CO[Si](C)(C)C(C)(C)C)[C@@H](C)[C@H](OCc1ccc(OC)cc1)[C@@H](C)CO. The van der Waals surface area contributed by atoms with Crippen LogP contribution in [0, 0.1) is 17.8 Å². The van der Waals surface area contributed by atoms with Gasteiger partial charge in [-0.2, -0.15) is 0 Å². The highest BCUT2D eigenvalue weighted by atomic mass is 28.4. The quantitative estimate of drug-likeness (QED) is 0.153. The number of aliphatic hydroxyl groups is 1. The first-order chi connectivity index (χ1) is 16.8. The third-order valence-electron chi connectivity index (χ3n) is 7.32. The van der Waals surface area contributed by atoms with Crippen molar-refractivity contribution in [1.82, 2.24) is 0 Å². The lowest BCUT2D eigenvalue weighted by Crippen LogP contribution is -2.42. The zero-order valence-electron chi connectivity index (χ0n) is 24.6. The van der Waals surface area contributed by atoms with E-state index in [1.54, 1.807) is 14.2 Å². The molecule has 0 saturated heterocycles. The minimum absolute atomic E-state index is 0.00897. The first-order valence-electron chi connectivity index (χ1n) is 13.1. The summed E-state index contributed by atoms with van der Waals surface area (Å²) in [7, 11) is 1.47. The molecule has 1 aromatic carbocycles. The summed E-state index contributed by atoms with van der Waals surface area (Å²) in [5.74, 6) is 0.992. The van der Waals surface area contributed by atoms with Crippen LogP contribution >= 0.6 is 0 Å². The van der Waals surface area contributed by atoms with Crippen molar-refractivity contribution in [1.29, 1.82) is 0 Å². The van der Waals surface area contributed by atoms with E-state index < -0.39 is 8.32 Å². The first kappa shape index (κ1) is 32.8. The second kappa shape index (κ2) is 15.3. The van der Waals surface area contributed by atoms with Crippen molar-refractivity contribution in [2.24, 2.45) is 17.8 Å². The van der Waals surface area contributed by atoms with E-state index in [-0.39, 0.29) is 48.4 Å². The minimum atomic E-state index is -1.81. The van der Waals surface area contributed by atoms with Crippen LogP contribution in [0.2, 0.25) is 18.1 Å². The summed E-state index contributed by atoms with van der Waals surface area (Å²) < 4.78 is 29.5. The van der Waals surface area contributed by atoms with Crippen molar-refractivity contribution in [3.8, 4) is 5.75 Å². The number of hydrogen-bond acceptors (Lipinski definition) is 6. The van der Waals surface area contributed by atoms with Crippen molar-refractivity contribution < 1.29 is 28.5 Å². The molecule has 0 unspecified atom stereocenters. The van der Waals surface area contributed by atoms with E-state index in [9.17, 15) is 5.11 Å². The van der Waals surface area contributed by atoms with Gasteiger partial charge in [-0.1, -0.05) is 59.8 Å². The minimum Gasteiger partial charge on any atom is -0.497 e. The fourth-order valence-electron chi connectivity index (χ4n) is 4.01. The Bertz CT molecular complexity index is 771. The summed E-state index contributed by atoms with van der Waals surface area (Å²) in [6.07, 6.45) is 1.82. The number of methoxy groups -OCH3 is 2. The topological polar surface area (TPSA) is 66.4 Å².